The first kappa shape index (κ1) is 17.8. The van der Waals surface area contributed by atoms with Crippen molar-refractivity contribution >= 4 is 29.9 Å². The van der Waals surface area contributed by atoms with Crippen LogP contribution in [0.25, 0.3) is 0 Å². The summed E-state index contributed by atoms with van der Waals surface area (Å²) in [6.45, 7) is 8.61. The fourth-order valence-electron chi connectivity index (χ4n) is 2.46. The van der Waals surface area contributed by atoms with Gasteiger partial charge in [0.05, 0.1) is 6.04 Å². The Bertz CT molecular complexity index is 514. The maximum Gasteiger partial charge on any atom is 0.191 e. The monoisotopic (exact) mass is 401 g/mol. The molecule has 116 valence electrons. The lowest BCUT2D eigenvalue weighted by Crippen LogP contribution is -2.45. The Kier molecular flexibility index (Phi) is 6.51. The predicted octanol–water partition coefficient (Wildman–Crippen LogP) is 3.26. The van der Waals surface area contributed by atoms with Gasteiger partial charge in [0.2, 0.25) is 0 Å². The molecule has 0 fully saturated rings. The molecule has 21 heavy (non-hydrogen) atoms. The molecule has 2 N–H and O–H groups in total. The largest absolute Gasteiger partial charge is 0.487 e. The van der Waals surface area contributed by atoms with E-state index in [1.807, 2.05) is 24.3 Å². The molecule has 4 nitrogen and oxygen atoms in total. The van der Waals surface area contributed by atoms with E-state index in [0.717, 1.165) is 18.1 Å². The minimum atomic E-state index is -0.191. The molecule has 1 unspecified atom stereocenters. The van der Waals surface area contributed by atoms with Gasteiger partial charge in [-0.3, -0.25) is 4.99 Å². The number of benzene rings is 1. The number of nitrogens with zero attached hydrogens (tertiary/aromatic N) is 1. The van der Waals surface area contributed by atoms with E-state index in [4.69, 9.17) is 4.74 Å². The maximum atomic E-state index is 6.03. The summed E-state index contributed by atoms with van der Waals surface area (Å²) in [6.07, 6.45) is 2.70. The number of rotatable bonds is 3. The number of nitrogens with one attached hydrogen (secondary N) is 2. The highest BCUT2D eigenvalue weighted by Crippen LogP contribution is 2.39. The zero-order valence-electron chi connectivity index (χ0n) is 12.8. The standard InChI is InChI=1S/C16H23N3O.HI/c1-5-10-18-15(17-4)19-13-11-16(2,3)20-14-9-7-6-8-12(13)14;/h5-9,13H,1,10-11H2,2-4H3,(H2,17,18,19);1H. The molecule has 1 aliphatic rings. The van der Waals surface area contributed by atoms with Gasteiger partial charge in [-0.2, -0.15) is 0 Å². The molecule has 2 rings (SSSR count). The molecular formula is C16H24IN3O. The van der Waals surface area contributed by atoms with Crippen LogP contribution in [0.3, 0.4) is 0 Å². The van der Waals surface area contributed by atoms with E-state index in [-0.39, 0.29) is 35.6 Å². The number of hydrogen-bond acceptors (Lipinski definition) is 2. The summed E-state index contributed by atoms with van der Waals surface area (Å²) in [4.78, 5) is 4.25. The molecule has 0 amide bonds. The van der Waals surface area contributed by atoms with Crippen LogP contribution in [0.2, 0.25) is 0 Å². The third-order valence-electron chi connectivity index (χ3n) is 3.32. The summed E-state index contributed by atoms with van der Waals surface area (Å²) in [6, 6.07) is 8.34. The average Bonchev–Trinajstić information content (AvgIpc) is 2.42. The van der Waals surface area contributed by atoms with Crippen LogP contribution < -0.4 is 15.4 Å². The zero-order valence-corrected chi connectivity index (χ0v) is 15.2. The number of hydrogen-bond donors (Lipinski definition) is 2. The molecule has 1 aromatic carbocycles. The van der Waals surface area contributed by atoms with Gasteiger partial charge in [-0.15, -0.1) is 30.6 Å². The van der Waals surface area contributed by atoms with Gasteiger partial charge in [0.1, 0.15) is 11.4 Å². The molecular weight excluding hydrogens is 377 g/mol. The summed E-state index contributed by atoms with van der Waals surface area (Å²) in [5.41, 5.74) is 0.983. The summed E-state index contributed by atoms with van der Waals surface area (Å²) >= 11 is 0. The van der Waals surface area contributed by atoms with Gasteiger partial charge in [0, 0.05) is 25.6 Å². The summed E-state index contributed by atoms with van der Waals surface area (Å²) in [7, 11) is 1.77. The second-order valence-electron chi connectivity index (χ2n) is 5.54. The van der Waals surface area contributed by atoms with Gasteiger partial charge in [-0.1, -0.05) is 24.3 Å². The first-order valence-corrected chi connectivity index (χ1v) is 6.92. The fraction of sp³-hybridized carbons (Fsp3) is 0.438. The Morgan fingerprint density at radius 2 is 2.19 bits per heavy atom. The average molecular weight is 401 g/mol. The summed E-state index contributed by atoms with van der Waals surface area (Å²) in [5, 5.41) is 6.67. The predicted molar refractivity (Wildman–Crippen MR) is 98.6 cm³/mol. The highest BCUT2D eigenvalue weighted by atomic mass is 127. The topological polar surface area (TPSA) is 45.7 Å². The molecule has 0 aliphatic carbocycles. The molecule has 0 aromatic heterocycles. The van der Waals surface area contributed by atoms with Gasteiger partial charge in [-0.05, 0) is 19.9 Å². The molecule has 0 saturated heterocycles. The number of ether oxygens (including phenoxy) is 1. The highest BCUT2D eigenvalue weighted by molar-refractivity contribution is 14.0. The Labute approximate surface area is 144 Å². The van der Waals surface area contributed by atoms with Crippen LogP contribution >= 0.6 is 24.0 Å². The van der Waals surface area contributed by atoms with Crippen molar-refractivity contribution in [3.63, 3.8) is 0 Å². The van der Waals surface area contributed by atoms with E-state index in [1.54, 1.807) is 7.05 Å². The van der Waals surface area contributed by atoms with Gasteiger partial charge >= 0.3 is 0 Å². The van der Waals surface area contributed by atoms with Crippen LogP contribution in [-0.4, -0.2) is 25.2 Å². The number of fused-ring (bicyclic) bond motifs is 1. The second kappa shape index (κ2) is 7.68. The quantitative estimate of drug-likeness (QED) is 0.354. The van der Waals surface area contributed by atoms with E-state index in [1.165, 1.54) is 5.56 Å². The number of para-hydroxylation sites is 1. The number of halogens is 1. The Morgan fingerprint density at radius 3 is 2.86 bits per heavy atom. The van der Waals surface area contributed by atoms with Crippen molar-refractivity contribution in [1.29, 1.82) is 0 Å². The zero-order chi connectivity index (χ0) is 14.6. The van der Waals surface area contributed by atoms with Crippen molar-refractivity contribution in [2.24, 2.45) is 4.99 Å². The van der Waals surface area contributed by atoms with Gasteiger partial charge in [0.15, 0.2) is 5.96 Å². The molecule has 1 aromatic rings. The van der Waals surface area contributed by atoms with Gasteiger partial charge in [0.25, 0.3) is 0 Å². The van der Waals surface area contributed by atoms with E-state index < -0.39 is 0 Å². The van der Waals surface area contributed by atoms with Crippen molar-refractivity contribution < 1.29 is 4.74 Å². The molecule has 1 heterocycles. The number of guanidine groups is 1. The summed E-state index contributed by atoms with van der Waals surface area (Å²) in [5.74, 6) is 1.72. The maximum absolute atomic E-state index is 6.03. The lowest BCUT2D eigenvalue weighted by Gasteiger charge is -2.38. The molecule has 1 aliphatic heterocycles. The van der Waals surface area contributed by atoms with Crippen molar-refractivity contribution in [3.8, 4) is 5.75 Å². The van der Waals surface area contributed by atoms with Crippen molar-refractivity contribution in [3.05, 3.63) is 42.5 Å². The molecule has 5 heteroatoms. The SMILES string of the molecule is C=CCNC(=NC)NC1CC(C)(C)Oc2ccccc21.I. The molecule has 0 saturated carbocycles. The van der Waals surface area contributed by atoms with E-state index in [9.17, 15) is 0 Å². The van der Waals surface area contributed by atoms with E-state index in [2.05, 4.69) is 42.1 Å². The fourth-order valence-corrected chi connectivity index (χ4v) is 2.46. The second-order valence-corrected chi connectivity index (χ2v) is 5.54. The summed E-state index contributed by atoms with van der Waals surface area (Å²) < 4.78 is 6.03. The van der Waals surface area contributed by atoms with E-state index >= 15 is 0 Å². The van der Waals surface area contributed by atoms with Crippen LogP contribution in [0.5, 0.6) is 5.75 Å². The third kappa shape index (κ3) is 4.62. The highest BCUT2D eigenvalue weighted by Gasteiger charge is 2.33. The molecule has 0 radical (unpaired) electrons. The van der Waals surface area contributed by atoms with Crippen LogP contribution in [0.4, 0.5) is 0 Å². The lowest BCUT2D eigenvalue weighted by atomic mass is 9.90. The Hall–Kier alpha value is -1.24. The van der Waals surface area contributed by atoms with Crippen LogP contribution in [0.15, 0.2) is 41.9 Å². The van der Waals surface area contributed by atoms with E-state index in [0.29, 0.717) is 6.54 Å². The Morgan fingerprint density at radius 1 is 1.48 bits per heavy atom. The first-order valence-electron chi connectivity index (χ1n) is 6.92. The molecule has 1 atom stereocenters. The van der Waals surface area contributed by atoms with Crippen molar-refractivity contribution in [2.75, 3.05) is 13.6 Å². The van der Waals surface area contributed by atoms with Crippen LogP contribution in [0, 0.1) is 0 Å². The normalized spacial score (nSPS) is 19.6. The molecule has 0 spiro atoms. The lowest BCUT2D eigenvalue weighted by molar-refractivity contribution is 0.0694. The minimum Gasteiger partial charge on any atom is -0.487 e. The number of aliphatic imine (C=N–C) groups is 1. The first-order chi connectivity index (χ1) is 9.55. The third-order valence-corrected chi connectivity index (χ3v) is 3.32. The van der Waals surface area contributed by atoms with Crippen molar-refractivity contribution in [2.45, 2.75) is 31.9 Å². The van der Waals surface area contributed by atoms with Gasteiger partial charge < -0.3 is 15.4 Å². The Balaban J connectivity index is 0.00000220. The van der Waals surface area contributed by atoms with Crippen LogP contribution in [-0.2, 0) is 0 Å². The smallest absolute Gasteiger partial charge is 0.191 e. The molecule has 0 bridgehead atoms. The van der Waals surface area contributed by atoms with Gasteiger partial charge in [-0.25, -0.2) is 0 Å². The van der Waals surface area contributed by atoms with Crippen LogP contribution in [0.1, 0.15) is 31.9 Å². The minimum absolute atomic E-state index is 0. The van der Waals surface area contributed by atoms with Crippen molar-refractivity contribution in [1.82, 2.24) is 10.6 Å².